The van der Waals surface area contributed by atoms with Crippen LogP contribution in [0.4, 0.5) is 0 Å². The van der Waals surface area contributed by atoms with Gasteiger partial charge in [-0.15, -0.1) is 0 Å². The van der Waals surface area contributed by atoms with Gasteiger partial charge in [0.05, 0.1) is 12.1 Å². The van der Waals surface area contributed by atoms with Gasteiger partial charge >= 0.3 is 0 Å². The first-order chi connectivity index (χ1) is 5.33. The van der Waals surface area contributed by atoms with Gasteiger partial charge in [-0.2, -0.15) is 10.5 Å². The van der Waals surface area contributed by atoms with E-state index in [1.807, 2.05) is 12.1 Å². The summed E-state index contributed by atoms with van der Waals surface area (Å²) in [6.45, 7) is 1.93. The molecule has 11 heavy (non-hydrogen) atoms. The molecule has 0 atom stereocenters. The molecule has 0 aromatic rings. The second-order valence-corrected chi connectivity index (χ2v) is 1.84. The van der Waals surface area contributed by atoms with E-state index in [2.05, 4.69) is 0 Å². The van der Waals surface area contributed by atoms with E-state index in [9.17, 15) is 0 Å². The second-order valence-electron chi connectivity index (χ2n) is 1.84. The smallest absolute Gasteiger partial charge is 0.0621 e. The summed E-state index contributed by atoms with van der Waals surface area (Å²) in [6, 6.07) is 4.03. The van der Waals surface area contributed by atoms with Crippen LogP contribution in [0.5, 0.6) is 0 Å². The van der Waals surface area contributed by atoms with Crippen molar-refractivity contribution in [3.63, 3.8) is 0 Å². The van der Waals surface area contributed by atoms with Crippen molar-refractivity contribution in [2.75, 3.05) is 6.61 Å². The normalized spacial score (nSPS) is 6.91. The highest BCUT2D eigenvalue weighted by molar-refractivity contribution is 4.72. The summed E-state index contributed by atoms with van der Waals surface area (Å²) in [5.74, 6) is 0. The fourth-order valence-electron chi connectivity index (χ4n) is 0.408. The molecule has 3 nitrogen and oxygen atoms in total. The molecule has 3 heteroatoms. The van der Waals surface area contributed by atoms with Crippen molar-refractivity contribution in [2.45, 2.75) is 32.6 Å². The lowest BCUT2D eigenvalue weighted by molar-refractivity contribution is 0.318. The molecule has 0 heterocycles. The molecule has 0 aromatic heterocycles. The third-order valence-corrected chi connectivity index (χ3v) is 0.827. The molecule has 0 radical (unpaired) electrons. The van der Waals surface area contributed by atoms with Gasteiger partial charge in [-0.3, -0.25) is 0 Å². The van der Waals surface area contributed by atoms with E-state index in [-0.39, 0.29) is 6.61 Å². The van der Waals surface area contributed by atoms with Gasteiger partial charge in [-0.05, 0) is 19.8 Å². The van der Waals surface area contributed by atoms with Crippen LogP contribution in [0.1, 0.15) is 32.6 Å². The molecule has 0 rings (SSSR count). The SMILES string of the molecule is CCO.N#CCCCCC#N. The molecule has 1 N–H and O–H groups in total. The lowest BCUT2D eigenvalue weighted by Crippen LogP contribution is -1.70. The van der Waals surface area contributed by atoms with Crippen LogP contribution in [0.3, 0.4) is 0 Å². The van der Waals surface area contributed by atoms with Crippen molar-refractivity contribution < 1.29 is 5.11 Å². The zero-order valence-electron chi connectivity index (χ0n) is 6.88. The lowest BCUT2D eigenvalue weighted by Gasteiger charge is -1.83. The van der Waals surface area contributed by atoms with Crippen LogP contribution in [-0.4, -0.2) is 11.7 Å². The average molecular weight is 154 g/mol. The number of hydrogen-bond donors (Lipinski definition) is 1. The zero-order valence-corrected chi connectivity index (χ0v) is 6.88. The summed E-state index contributed by atoms with van der Waals surface area (Å²) in [5.41, 5.74) is 0. The van der Waals surface area contributed by atoms with Gasteiger partial charge in [-0.25, -0.2) is 0 Å². The molecule has 0 aliphatic heterocycles. The van der Waals surface area contributed by atoms with Gasteiger partial charge in [0.2, 0.25) is 0 Å². The van der Waals surface area contributed by atoms with Gasteiger partial charge in [0.15, 0.2) is 0 Å². The Kier molecular flexibility index (Phi) is 18.3. The van der Waals surface area contributed by atoms with E-state index in [1.54, 1.807) is 6.92 Å². The van der Waals surface area contributed by atoms with E-state index >= 15 is 0 Å². The fraction of sp³-hybridized carbons (Fsp3) is 0.750. The van der Waals surface area contributed by atoms with E-state index in [4.69, 9.17) is 15.6 Å². The van der Waals surface area contributed by atoms with Crippen molar-refractivity contribution in [1.29, 1.82) is 10.5 Å². The average Bonchev–Trinajstić information content (AvgIpc) is 2.00. The first-order valence-electron chi connectivity index (χ1n) is 3.68. The summed E-state index contributed by atoms with van der Waals surface area (Å²) in [7, 11) is 0. The molecule has 0 unspecified atom stereocenters. The minimum absolute atomic E-state index is 0.250. The molecule has 0 saturated carbocycles. The number of aliphatic hydroxyl groups excluding tert-OH is 1. The minimum atomic E-state index is 0.250. The highest BCUT2D eigenvalue weighted by atomic mass is 16.2. The second kappa shape index (κ2) is 16.0. The molecule has 0 aromatic carbocycles. The van der Waals surface area contributed by atoms with Crippen LogP contribution in [0.15, 0.2) is 0 Å². The van der Waals surface area contributed by atoms with Crippen LogP contribution in [0, 0.1) is 22.7 Å². The van der Waals surface area contributed by atoms with E-state index < -0.39 is 0 Å². The monoisotopic (exact) mass is 154 g/mol. The molecular formula is C8H14N2O. The summed E-state index contributed by atoms with van der Waals surface area (Å²) in [4.78, 5) is 0. The van der Waals surface area contributed by atoms with Crippen LogP contribution in [-0.2, 0) is 0 Å². The Labute approximate surface area is 67.9 Å². The van der Waals surface area contributed by atoms with Crippen molar-refractivity contribution in [3.05, 3.63) is 0 Å². The van der Waals surface area contributed by atoms with Crippen molar-refractivity contribution in [1.82, 2.24) is 0 Å². The molecule has 0 saturated heterocycles. The lowest BCUT2D eigenvalue weighted by atomic mass is 10.2. The number of unbranched alkanes of at least 4 members (excludes halogenated alkanes) is 3. The molecule has 0 aliphatic carbocycles. The van der Waals surface area contributed by atoms with Crippen molar-refractivity contribution >= 4 is 0 Å². The summed E-state index contributed by atoms with van der Waals surface area (Å²) in [5, 5.41) is 23.6. The maximum absolute atomic E-state index is 8.03. The molecule has 0 amide bonds. The maximum Gasteiger partial charge on any atom is 0.0621 e. The Balaban J connectivity index is 0. The number of rotatable bonds is 3. The van der Waals surface area contributed by atoms with Crippen molar-refractivity contribution in [2.24, 2.45) is 0 Å². The summed E-state index contributed by atoms with van der Waals surface area (Å²) in [6.07, 6.45) is 2.90. The molecule has 0 fully saturated rings. The predicted molar refractivity (Wildman–Crippen MR) is 42.5 cm³/mol. The standard InChI is InChI=1S/C6H8N2.C2H6O/c7-5-3-1-2-4-6-8;1-2-3/h1-4H2;3H,2H2,1H3. The first-order valence-corrected chi connectivity index (χ1v) is 3.68. The highest BCUT2D eigenvalue weighted by Gasteiger charge is 1.83. The third kappa shape index (κ3) is 27.7. The van der Waals surface area contributed by atoms with Gasteiger partial charge in [0.1, 0.15) is 0 Å². The van der Waals surface area contributed by atoms with Gasteiger partial charge in [-0.1, -0.05) is 0 Å². The van der Waals surface area contributed by atoms with Gasteiger partial charge < -0.3 is 5.11 Å². The van der Waals surface area contributed by atoms with E-state index in [0.717, 1.165) is 12.8 Å². The third-order valence-electron chi connectivity index (χ3n) is 0.827. The minimum Gasteiger partial charge on any atom is -0.397 e. The Morgan fingerprint density at radius 1 is 1.09 bits per heavy atom. The molecule has 0 aliphatic rings. The van der Waals surface area contributed by atoms with Gasteiger partial charge in [0.25, 0.3) is 0 Å². The maximum atomic E-state index is 8.03. The quantitative estimate of drug-likeness (QED) is 0.627. The van der Waals surface area contributed by atoms with Crippen LogP contribution in [0.2, 0.25) is 0 Å². The fourth-order valence-corrected chi connectivity index (χ4v) is 0.408. The van der Waals surface area contributed by atoms with E-state index in [0.29, 0.717) is 12.8 Å². The first kappa shape index (κ1) is 12.6. The van der Waals surface area contributed by atoms with E-state index in [1.165, 1.54) is 0 Å². The molecule has 0 bridgehead atoms. The Morgan fingerprint density at radius 3 is 1.55 bits per heavy atom. The zero-order chi connectivity index (χ0) is 8.95. The van der Waals surface area contributed by atoms with Crippen LogP contribution >= 0.6 is 0 Å². The summed E-state index contributed by atoms with van der Waals surface area (Å²) >= 11 is 0. The number of aliphatic hydroxyl groups is 1. The van der Waals surface area contributed by atoms with Crippen LogP contribution < -0.4 is 0 Å². The number of nitrogens with zero attached hydrogens (tertiary/aromatic N) is 2. The topological polar surface area (TPSA) is 67.8 Å². The Bertz CT molecular complexity index is 116. The molecule has 62 valence electrons. The predicted octanol–water partition coefficient (Wildman–Crippen LogP) is 1.59. The Morgan fingerprint density at radius 2 is 1.36 bits per heavy atom. The highest BCUT2D eigenvalue weighted by Crippen LogP contribution is 1.95. The van der Waals surface area contributed by atoms with Gasteiger partial charge in [0, 0.05) is 19.4 Å². The number of hydrogen-bond acceptors (Lipinski definition) is 3. The Hall–Kier alpha value is -1.06. The molecule has 0 spiro atoms. The summed E-state index contributed by atoms with van der Waals surface area (Å²) < 4.78 is 0. The number of nitriles is 2. The van der Waals surface area contributed by atoms with Crippen LogP contribution in [0.25, 0.3) is 0 Å². The molecular weight excluding hydrogens is 140 g/mol. The van der Waals surface area contributed by atoms with Crippen molar-refractivity contribution in [3.8, 4) is 12.1 Å². The largest absolute Gasteiger partial charge is 0.397 e.